The van der Waals surface area contributed by atoms with Gasteiger partial charge in [-0.2, -0.15) is 0 Å². The molecule has 0 saturated heterocycles. The van der Waals surface area contributed by atoms with E-state index in [4.69, 9.17) is 15.2 Å². The second-order valence-corrected chi connectivity index (χ2v) is 6.25. The second-order valence-electron chi connectivity index (χ2n) is 6.25. The molecule has 1 heterocycles. The molecule has 0 spiro atoms. The largest absolute Gasteiger partial charge is 0.486 e. The molecule has 0 aromatic heterocycles. The summed E-state index contributed by atoms with van der Waals surface area (Å²) in [5, 5.41) is 0. The molecule has 0 bridgehead atoms. The zero-order valence-corrected chi connectivity index (χ0v) is 13.1. The summed E-state index contributed by atoms with van der Waals surface area (Å²) in [7, 11) is 2.15. The fraction of sp³-hybridized carbons (Fsp3) is 0.647. The van der Waals surface area contributed by atoms with E-state index in [9.17, 15) is 0 Å². The third-order valence-electron chi connectivity index (χ3n) is 5.01. The molecule has 1 aliphatic heterocycles. The van der Waals surface area contributed by atoms with Gasteiger partial charge in [0.1, 0.15) is 13.2 Å². The van der Waals surface area contributed by atoms with E-state index in [0.717, 1.165) is 28.8 Å². The van der Waals surface area contributed by atoms with Crippen LogP contribution in [-0.4, -0.2) is 26.3 Å². The van der Waals surface area contributed by atoms with Gasteiger partial charge in [-0.15, -0.1) is 0 Å². The van der Waals surface area contributed by atoms with Gasteiger partial charge >= 0.3 is 0 Å². The van der Waals surface area contributed by atoms with Crippen molar-refractivity contribution in [2.75, 3.05) is 30.9 Å². The van der Waals surface area contributed by atoms with Crippen LogP contribution in [-0.2, 0) is 0 Å². The summed E-state index contributed by atoms with van der Waals surface area (Å²) in [6.07, 6.45) is 6.47. The highest BCUT2D eigenvalue weighted by Gasteiger charge is 2.25. The lowest BCUT2D eigenvalue weighted by molar-refractivity contribution is 0.171. The number of anilines is 2. The van der Waals surface area contributed by atoms with Gasteiger partial charge in [-0.1, -0.05) is 13.3 Å². The van der Waals surface area contributed by atoms with Crippen molar-refractivity contribution in [2.45, 2.75) is 45.1 Å². The van der Waals surface area contributed by atoms with Crippen LogP contribution in [0.2, 0.25) is 0 Å². The Bertz CT molecular complexity index is 496. The number of nitrogens with two attached hydrogens (primary N) is 1. The molecule has 1 aromatic carbocycles. The monoisotopic (exact) mass is 290 g/mol. The van der Waals surface area contributed by atoms with Crippen molar-refractivity contribution < 1.29 is 9.47 Å². The third-order valence-corrected chi connectivity index (χ3v) is 5.01. The van der Waals surface area contributed by atoms with Gasteiger partial charge in [-0.25, -0.2) is 0 Å². The number of hydrogen-bond acceptors (Lipinski definition) is 4. The first-order valence-corrected chi connectivity index (χ1v) is 8.11. The summed E-state index contributed by atoms with van der Waals surface area (Å²) in [5.74, 6) is 2.50. The Morgan fingerprint density at radius 3 is 2.33 bits per heavy atom. The Labute approximate surface area is 127 Å². The number of rotatable bonds is 3. The molecule has 1 saturated carbocycles. The highest BCUT2D eigenvalue weighted by molar-refractivity contribution is 5.73. The third kappa shape index (κ3) is 2.89. The molecule has 0 atom stereocenters. The first-order chi connectivity index (χ1) is 10.2. The van der Waals surface area contributed by atoms with Crippen LogP contribution in [0.5, 0.6) is 11.5 Å². The van der Waals surface area contributed by atoms with E-state index < -0.39 is 0 Å². The van der Waals surface area contributed by atoms with Gasteiger partial charge in [0.2, 0.25) is 0 Å². The SMILES string of the molecule is CCC1CCC(N(C)c2cc3c(cc2N)OCCO3)CC1. The van der Waals surface area contributed by atoms with Crippen molar-refractivity contribution in [3.63, 3.8) is 0 Å². The van der Waals surface area contributed by atoms with Crippen molar-refractivity contribution in [2.24, 2.45) is 5.92 Å². The lowest BCUT2D eigenvalue weighted by Crippen LogP contribution is -2.35. The average molecular weight is 290 g/mol. The number of benzene rings is 1. The maximum absolute atomic E-state index is 6.23. The molecule has 1 aliphatic carbocycles. The highest BCUT2D eigenvalue weighted by Crippen LogP contribution is 2.40. The number of ether oxygens (including phenoxy) is 2. The molecular weight excluding hydrogens is 264 g/mol. The molecule has 4 heteroatoms. The van der Waals surface area contributed by atoms with Crippen molar-refractivity contribution in [1.82, 2.24) is 0 Å². The van der Waals surface area contributed by atoms with Gasteiger partial charge in [-0.3, -0.25) is 0 Å². The maximum atomic E-state index is 6.23. The van der Waals surface area contributed by atoms with E-state index in [1.54, 1.807) is 0 Å². The van der Waals surface area contributed by atoms with Crippen LogP contribution in [0.15, 0.2) is 12.1 Å². The van der Waals surface area contributed by atoms with Gasteiger partial charge in [0, 0.05) is 25.2 Å². The average Bonchev–Trinajstić information content (AvgIpc) is 2.53. The fourth-order valence-corrected chi connectivity index (χ4v) is 3.54. The van der Waals surface area contributed by atoms with Crippen molar-refractivity contribution in [3.8, 4) is 11.5 Å². The number of nitrogen functional groups attached to an aromatic ring is 1. The molecule has 3 rings (SSSR count). The Hall–Kier alpha value is -1.58. The minimum Gasteiger partial charge on any atom is -0.486 e. The van der Waals surface area contributed by atoms with Crippen LogP contribution in [0.25, 0.3) is 0 Å². The first kappa shape index (κ1) is 14.4. The summed E-state index contributed by atoms with van der Waals surface area (Å²) in [6, 6.07) is 4.52. The highest BCUT2D eigenvalue weighted by atomic mass is 16.6. The van der Waals surface area contributed by atoms with Gasteiger partial charge in [0.15, 0.2) is 11.5 Å². The minimum absolute atomic E-state index is 0.581. The number of fused-ring (bicyclic) bond motifs is 1. The van der Waals surface area contributed by atoms with Crippen LogP contribution in [0.4, 0.5) is 11.4 Å². The smallest absolute Gasteiger partial charge is 0.163 e. The van der Waals surface area contributed by atoms with Crippen LogP contribution in [0.3, 0.4) is 0 Å². The molecule has 4 nitrogen and oxygen atoms in total. The summed E-state index contributed by atoms with van der Waals surface area (Å²) in [4.78, 5) is 2.33. The van der Waals surface area contributed by atoms with E-state index >= 15 is 0 Å². The van der Waals surface area contributed by atoms with Crippen LogP contribution < -0.4 is 20.1 Å². The van der Waals surface area contributed by atoms with Gasteiger partial charge in [-0.05, 0) is 31.6 Å². The van der Waals surface area contributed by atoms with Crippen LogP contribution in [0, 0.1) is 5.92 Å². The molecule has 0 radical (unpaired) electrons. The Morgan fingerprint density at radius 1 is 1.10 bits per heavy atom. The van der Waals surface area contributed by atoms with Crippen molar-refractivity contribution >= 4 is 11.4 Å². The minimum atomic E-state index is 0.581. The summed E-state index contributed by atoms with van der Waals surface area (Å²) < 4.78 is 11.3. The van der Waals surface area contributed by atoms with Crippen LogP contribution in [0.1, 0.15) is 39.0 Å². The van der Waals surface area contributed by atoms with Gasteiger partial charge in [0.05, 0.1) is 11.4 Å². The Morgan fingerprint density at radius 2 is 1.71 bits per heavy atom. The molecule has 116 valence electrons. The lowest BCUT2D eigenvalue weighted by atomic mass is 9.84. The summed E-state index contributed by atoms with van der Waals surface area (Å²) in [5.41, 5.74) is 8.07. The quantitative estimate of drug-likeness (QED) is 0.866. The lowest BCUT2D eigenvalue weighted by Gasteiger charge is -2.36. The second kappa shape index (κ2) is 6.04. The van der Waals surface area contributed by atoms with E-state index in [1.807, 2.05) is 12.1 Å². The van der Waals surface area contributed by atoms with Crippen LogP contribution >= 0.6 is 0 Å². The summed E-state index contributed by atoms with van der Waals surface area (Å²) in [6.45, 7) is 3.51. The zero-order chi connectivity index (χ0) is 14.8. The topological polar surface area (TPSA) is 47.7 Å². The first-order valence-electron chi connectivity index (χ1n) is 8.11. The van der Waals surface area contributed by atoms with E-state index in [-0.39, 0.29) is 0 Å². The molecule has 0 amide bonds. The van der Waals surface area contributed by atoms with E-state index in [1.165, 1.54) is 32.1 Å². The predicted octanol–water partition coefficient (Wildman–Crippen LogP) is 3.45. The fourth-order valence-electron chi connectivity index (χ4n) is 3.54. The molecule has 1 fully saturated rings. The van der Waals surface area contributed by atoms with Crippen molar-refractivity contribution in [1.29, 1.82) is 0 Å². The van der Waals surface area contributed by atoms with Crippen molar-refractivity contribution in [3.05, 3.63) is 12.1 Å². The van der Waals surface area contributed by atoms with E-state index in [0.29, 0.717) is 19.3 Å². The van der Waals surface area contributed by atoms with E-state index in [2.05, 4.69) is 18.9 Å². The normalized spacial score (nSPS) is 24.7. The zero-order valence-electron chi connectivity index (χ0n) is 13.1. The predicted molar refractivity (Wildman–Crippen MR) is 86.3 cm³/mol. The molecule has 21 heavy (non-hydrogen) atoms. The molecular formula is C17H26N2O2. The maximum Gasteiger partial charge on any atom is 0.163 e. The molecule has 2 aliphatic rings. The Balaban J connectivity index is 1.77. The van der Waals surface area contributed by atoms with Gasteiger partial charge in [0.25, 0.3) is 0 Å². The Kier molecular flexibility index (Phi) is 4.13. The number of nitrogens with zero attached hydrogens (tertiary/aromatic N) is 1. The molecule has 1 aromatic rings. The number of hydrogen-bond donors (Lipinski definition) is 1. The van der Waals surface area contributed by atoms with Gasteiger partial charge < -0.3 is 20.1 Å². The molecule has 0 unspecified atom stereocenters. The molecule has 2 N–H and O–H groups in total. The summed E-state index contributed by atoms with van der Waals surface area (Å²) >= 11 is 0. The standard InChI is InChI=1S/C17H26N2O2/c1-3-12-4-6-13(7-5-12)19(2)15-11-17-16(10-14(15)18)20-8-9-21-17/h10-13H,3-9,18H2,1-2H3.